The van der Waals surface area contributed by atoms with Crippen molar-refractivity contribution in [3.63, 3.8) is 0 Å². The number of aromatic nitrogens is 3. The topological polar surface area (TPSA) is 91.2 Å². The number of ketones is 1. The fourth-order valence-electron chi connectivity index (χ4n) is 3.35. The lowest BCUT2D eigenvalue weighted by molar-refractivity contribution is -0.141. The first-order chi connectivity index (χ1) is 14.1. The van der Waals surface area contributed by atoms with E-state index < -0.39 is 0 Å². The summed E-state index contributed by atoms with van der Waals surface area (Å²) in [7, 11) is 0. The Labute approximate surface area is 166 Å². The Morgan fingerprint density at radius 3 is 2.90 bits per heavy atom. The highest BCUT2D eigenvalue weighted by Gasteiger charge is 2.30. The van der Waals surface area contributed by atoms with E-state index in [1.54, 1.807) is 30.5 Å². The van der Waals surface area contributed by atoms with Crippen molar-refractivity contribution in [1.29, 1.82) is 0 Å². The van der Waals surface area contributed by atoms with Gasteiger partial charge in [-0.15, -0.1) is 0 Å². The lowest BCUT2D eigenvalue weighted by Gasteiger charge is -2.05. The van der Waals surface area contributed by atoms with Crippen molar-refractivity contribution in [3.8, 4) is 5.69 Å². The zero-order chi connectivity index (χ0) is 20.4. The SMILES string of the molecule is CC(=O)OCCCC/C=C/c1ccc2c(c1)C(=O)c1nc3ncccc3c(=O)n1-2. The van der Waals surface area contributed by atoms with Gasteiger partial charge >= 0.3 is 5.97 Å². The van der Waals surface area contributed by atoms with Crippen molar-refractivity contribution in [2.24, 2.45) is 0 Å². The Kier molecular flexibility index (Phi) is 5.03. The number of rotatable bonds is 6. The van der Waals surface area contributed by atoms with E-state index in [0.29, 0.717) is 23.2 Å². The number of unbranched alkanes of at least 4 members (excludes halogenated alkanes) is 2. The number of nitrogens with zero attached hydrogens (tertiary/aromatic N) is 3. The summed E-state index contributed by atoms with van der Waals surface area (Å²) in [6.07, 6.45) is 8.05. The maximum Gasteiger partial charge on any atom is 0.302 e. The first kappa shape index (κ1) is 18.7. The molecular formula is C22H19N3O4. The molecule has 0 saturated heterocycles. The number of carbonyl (C=O) groups is 2. The minimum atomic E-state index is -0.290. The summed E-state index contributed by atoms with van der Waals surface area (Å²) < 4.78 is 6.26. The first-order valence-corrected chi connectivity index (χ1v) is 9.43. The van der Waals surface area contributed by atoms with Crippen LogP contribution in [0.2, 0.25) is 0 Å². The van der Waals surface area contributed by atoms with E-state index in [1.807, 2.05) is 18.2 Å². The second-order valence-corrected chi connectivity index (χ2v) is 6.79. The van der Waals surface area contributed by atoms with Gasteiger partial charge in [-0.25, -0.2) is 9.97 Å². The van der Waals surface area contributed by atoms with Crippen LogP contribution in [0, 0.1) is 0 Å². The quantitative estimate of drug-likeness (QED) is 0.372. The standard InChI is InChI=1S/C22H19N3O4/c1-14(26)29-12-5-3-2-4-7-15-9-10-18-17(13-15)19(27)21-24-20-16(8-6-11-23-20)22(28)25(18)21/h4,6-11,13H,2-3,5,12H2,1H3/b7-4+. The van der Waals surface area contributed by atoms with Crippen molar-refractivity contribution in [2.75, 3.05) is 6.61 Å². The maximum absolute atomic E-state index is 12.8. The zero-order valence-electron chi connectivity index (χ0n) is 15.9. The van der Waals surface area contributed by atoms with Gasteiger partial charge in [0.05, 0.1) is 23.2 Å². The summed E-state index contributed by atoms with van der Waals surface area (Å²) in [5.41, 5.74) is 1.87. The third kappa shape index (κ3) is 3.59. The second kappa shape index (κ2) is 7.79. The molecule has 3 aromatic rings. The summed E-state index contributed by atoms with van der Waals surface area (Å²) in [5.74, 6) is -0.439. The minimum Gasteiger partial charge on any atom is -0.466 e. The number of hydrogen-bond acceptors (Lipinski definition) is 6. The molecule has 29 heavy (non-hydrogen) atoms. The molecule has 0 atom stereocenters. The highest BCUT2D eigenvalue weighted by Crippen LogP contribution is 2.27. The molecule has 0 aliphatic carbocycles. The molecule has 0 fully saturated rings. The summed E-state index contributed by atoms with van der Waals surface area (Å²) >= 11 is 0. The average molecular weight is 389 g/mol. The average Bonchev–Trinajstić information content (AvgIpc) is 2.99. The number of allylic oxidation sites excluding steroid dienone is 1. The number of esters is 1. The Morgan fingerprint density at radius 1 is 1.21 bits per heavy atom. The van der Waals surface area contributed by atoms with Crippen LogP contribution < -0.4 is 5.56 Å². The number of ether oxygens (including phenoxy) is 1. The van der Waals surface area contributed by atoms with Crippen LogP contribution in [-0.2, 0) is 9.53 Å². The molecule has 1 aliphatic heterocycles. The lowest BCUT2D eigenvalue weighted by Crippen LogP contribution is -2.21. The van der Waals surface area contributed by atoms with Crippen molar-refractivity contribution < 1.29 is 14.3 Å². The molecule has 7 nitrogen and oxygen atoms in total. The van der Waals surface area contributed by atoms with Crippen LogP contribution in [0.3, 0.4) is 0 Å². The van der Waals surface area contributed by atoms with E-state index in [1.165, 1.54) is 11.5 Å². The Hall–Kier alpha value is -3.61. The molecule has 1 aliphatic rings. The van der Waals surface area contributed by atoms with Crippen LogP contribution in [0.15, 0.2) is 47.4 Å². The van der Waals surface area contributed by atoms with Crippen LogP contribution in [0.1, 0.15) is 47.9 Å². The fraction of sp³-hybridized carbons (Fsp3) is 0.227. The monoisotopic (exact) mass is 389 g/mol. The van der Waals surface area contributed by atoms with Crippen LogP contribution >= 0.6 is 0 Å². The Bertz CT molecular complexity index is 1210. The van der Waals surface area contributed by atoms with E-state index in [2.05, 4.69) is 9.97 Å². The van der Waals surface area contributed by atoms with Gasteiger partial charge in [-0.05, 0) is 49.1 Å². The van der Waals surface area contributed by atoms with Gasteiger partial charge in [-0.2, -0.15) is 0 Å². The smallest absolute Gasteiger partial charge is 0.302 e. The number of pyridine rings is 1. The van der Waals surface area contributed by atoms with Crippen molar-refractivity contribution >= 4 is 28.9 Å². The lowest BCUT2D eigenvalue weighted by atomic mass is 10.1. The van der Waals surface area contributed by atoms with E-state index in [0.717, 1.165) is 24.8 Å². The zero-order valence-corrected chi connectivity index (χ0v) is 15.9. The summed E-state index contributed by atoms with van der Waals surface area (Å²) in [6.45, 7) is 1.83. The molecule has 2 aromatic heterocycles. The van der Waals surface area contributed by atoms with Gasteiger partial charge in [-0.1, -0.05) is 18.2 Å². The third-order valence-corrected chi connectivity index (χ3v) is 4.73. The van der Waals surface area contributed by atoms with Gasteiger partial charge in [0.1, 0.15) is 0 Å². The summed E-state index contributed by atoms with van der Waals surface area (Å²) in [5, 5.41) is 0.384. The third-order valence-electron chi connectivity index (χ3n) is 4.73. The molecule has 0 N–H and O–H groups in total. The predicted molar refractivity (Wildman–Crippen MR) is 108 cm³/mol. The Balaban J connectivity index is 1.54. The first-order valence-electron chi connectivity index (χ1n) is 9.43. The molecule has 0 spiro atoms. The van der Waals surface area contributed by atoms with Crippen molar-refractivity contribution in [2.45, 2.75) is 26.2 Å². The van der Waals surface area contributed by atoms with Crippen LogP contribution in [-0.4, -0.2) is 32.9 Å². The largest absolute Gasteiger partial charge is 0.466 e. The van der Waals surface area contributed by atoms with Gasteiger partial charge < -0.3 is 4.74 Å². The van der Waals surface area contributed by atoms with Crippen molar-refractivity contribution in [1.82, 2.24) is 14.5 Å². The predicted octanol–water partition coefficient (Wildman–Crippen LogP) is 3.07. The van der Waals surface area contributed by atoms with Crippen LogP contribution in [0.5, 0.6) is 0 Å². The highest BCUT2D eigenvalue weighted by atomic mass is 16.5. The normalized spacial score (nSPS) is 12.4. The second-order valence-electron chi connectivity index (χ2n) is 6.79. The van der Waals surface area contributed by atoms with Gasteiger partial charge in [0.25, 0.3) is 5.56 Å². The molecular weight excluding hydrogens is 370 g/mol. The molecule has 0 saturated carbocycles. The molecule has 7 heteroatoms. The fourth-order valence-corrected chi connectivity index (χ4v) is 3.35. The molecule has 0 radical (unpaired) electrons. The Morgan fingerprint density at radius 2 is 2.07 bits per heavy atom. The molecule has 3 heterocycles. The van der Waals surface area contributed by atoms with Gasteiger partial charge in [0.15, 0.2) is 11.5 Å². The van der Waals surface area contributed by atoms with Crippen molar-refractivity contribution in [3.05, 3.63) is 69.9 Å². The summed E-state index contributed by atoms with van der Waals surface area (Å²) in [4.78, 5) is 44.8. The molecule has 4 rings (SSSR count). The van der Waals surface area contributed by atoms with Gasteiger partial charge in [0.2, 0.25) is 5.78 Å². The number of carbonyl (C=O) groups excluding carboxylic acids is 2. The molecule has 0 amide bonds. The molecule has 0 unspecified atom stereocenters. The number of benzene rings is 1. The minimum absolute atomic E-state index is 0.0998. The van der Waals surface area contributed by atoms with Gasteiger partial charge in [0, 0.05) is 13.1 Å². The van der Waals surface area contributed by atoms with E-state index in [9.17, 15) is 14.4 Å². The van der Waals surface area contributed by atoms with E-state index in [-0.39, 0.29) is 28.8 Å². The molecule has 146 valence electrons. The van der Waals surface area contributed by atoms with Crippen LogP contribution in [0.25, 0.3) is 22.8 Å². The van der Waals surface area contributed by atoms with Gasteiger partial charge in [-0.3, -0.25) is 19.0 Å². The highest BCUT2D eigenvalue weighted by molar-refractivity contribution is 6.13. The number of hydrogen-bond donors (Lipinski definition) is 0. The number of fused-ring (bicyclic) bond motifs is 4. The maximum atomic E-state index is 12.8. The summed E-state index contributed by atoms with van der Waals surface area (Å²) in [6, 6.07) is 8.76. The van der Waals surface area contributed by atoms with Crippen LogP contribution in [0.4, 0.5) is 0 Å². The van der Waals surface area contributed by atoms with E-state index >= 15 is 0 Å². The van der Waals surface area contributed by atoms with E-state index in [4.69, 9.17) is 4.74 Å². The molecule has 1 aromatic carbocycles. The molecule has 0 bridgehead atoms.